The van der Waals surface area contributed by atoms with Gasteiger partial charge < -0.3 is 9.47 Å². The highest BCUT2D eigenvalue weighted by Crippen LogP contribution is 2.65. The third kappa shape index (κ3) is 3.27. The molecule has 2 fully saturated rings. The summed E-state index contributed by atoms with van der Waals surface area (Å²) in [6, 6.07) is 12.1. The van der Waals surface area contributed by atoms with Crippen LogP contribution in [0.25, 0.3) is 33.2 Å². The largest absolute Gasteiger partial charge is 0.355 e. The van der Waals surface area contributed by atoms with Crippen molar-refractivity contribution in [1.82, 2.24) is 24.7 Å². The van der Waals surface area contributed by atoms with Crippen LogP contribution in [0, 0.1) is 24.6 Å². The van der Waals surface area contributed by atoms with Crippen LogP contribution in [0.2, 0.25) is 0 Å². The molecule has 7 rings (SSSR count). The number of piperidine rings is 1. The van der Waals surface area contributed by atoms with Gasteiger partial charge in [-0.25, -0.2) is 14.4 Å². The van der Waals surface area contributed by atoms with Gasteiger partial charge >= 0.3 is 0 Å². The zero-order chi connectivity index (χ0) is 26.2. The second-order valence-electron chi connectivity index (χ2n) is 11.4. The van der Waals surface area contributed by atoms with Gasteiger partial charge in [-0.05, 0) is 68.0 Å². The van der Waals surface area contributed by atoms with Crippen molar-refractivity contribution in [3.8, 4) is 11.3 Å². The highest BCUT2D eigenvalue weighted by Gasteiger charge is 2.65. The summed E-state index contributed by atoms with van der Waals surface area (Å²) in [5.74, 6) is 1.73. The molecule has 1 saturated heterocycles. The van der Waals surface area contributed by atoms with Crippen LogP contribution in [-0.2, 0) is 5.41 Å². The topological polar surface area (TPSA) is 62.6 Å². The summed E-state index contributed by atoms with van der Waals surface area (Å²) in [6.45, 7) is 10.5. The Kier molecular flexibility index (Phi) is 5.16. The molecule has 0 bridgehead atoms. The number of fused-ring (bicyclic) bond motifs is 3. The first kappa shape index (κ1) is 23.4. The maximum absolute atomic E-state index is 14.8. The number of nitrogens with one attached hydrogen (secondary N) is 1. The number of hydrogen-bond acceptors (Lipinski definition) is 4. The van der Waals surface area contributed by atoms with Gasteiger partial charge in [0.15, 0.2) is 0 Å². The zero-order valence-electron chi connectivity index (χ0n) is 22.4. The average Bonchev–Trinajstić information content (AvgIpc) is 3.20. The molecule has 0 radical (unpaired) electrons. The Morgan fingerprint density at radius 3 is 2.76 bits per heavy atom. The van der Waals surface area contributed by atoms with Crippen LogP contribution in [0.15, 0.2) is 55.0 Å². The highest BCUT2D eigenvalue weighted by molar-refractivity contribution is 5.96. The number of halogens is 1. The summed E-state index contributed by atoms with van der Waals surface area (Å²) < 4.78 is 17.0. The van der Waals surface area contributed by atoms with Gasteiger partial charge in [0.05, 0.1) is 11.9 Å². The molecule has 5 aromatic rings. The lowest BCUT2D eigenvalue weighted by Crippen LogP contribution is -2.32. The van der Waals surface area contributed by atoms with Crippen molar-refractivity contribution in [2.45, 2.75) is 52.0 Å². The minimum Gasteiger partial charge on any atom is -0.355 e. The van der Waals surface area contributed by atoms with Crippen molar-refractivity contribution >= 4 is 27.8 Å². The van der Waals surface area contributed by atoms with Crippen molar-refractivity contribution in [3.63, 3.8) is 0 Å². The Bertz CT molecular complexity index is 1680. The smallest absolute Gasteiger partial charge is 0.202 e. The summed E-state index contributed by atoms with van der Waals surface area (Å²) in [7, 11) is 0. The van der Waals surface area contributed by atoms with Gasteiger partial charge in [0.1, 0.15) is 17.2 Å². The van der Waals surface area contributed by atoms with Crippen LogP contribution in [-0.4, -0.2) is 37.8 Å². The number of anilines is 1. The molecule has 38 heavy (non-hydrogen) atoms. The van der Waals surface area contributed by atoms with Crippen molar-refractivity contribution < 1.29 is 4.39 Å². The number of benzene rings is 2. The quantitative estimate of drug-likeness (QED) is 0.283. The molecule has 7 heteroatoms. The van der Waals surface area contributed by atoms with Crippen LogP contribution in [0.5, 0.6) is 0 Å². The van der Waals surface area contributed by atoms with Crippen molar-refractivity contribution in [1.29, 1.82) is 0 Å². The first-order valence-electron chi connectivity index (χ1n) is 13.7. The maximum atomic E-state index is 14.8. The Morgan fingerprint density at radius 1 is 1.13 bits per heavy atom. The lowest BCUT2D eigenvalue weighted by molar-refractivity contribution is 0.516. The predicted molar refractivity (Wildman–Crippen MR) is 150 cm³/mol. The van der Waals surface area contributed by atoms with Crippen LogP contribution in [0.1, 0.15) is 50.8 Å². The van der Waals surface area contributed by atoms with Gasteiger partial charge in [-0.15, -0.1) is 0 Å². The normalized spacial score (nSPS) is 22.9. The van der Waals surface area contributed by atoms with Crippen LogP contribution >= 0.6 is 0 Å². The van der Waals surface area contributed by atoms with E-state index in [2.05, 4.69) is 71.9 Å². The maximum Gasteiger partial charge on any atom is 0.202 e. The van der Waals surface area contributed by atoms with Gasteiger partial charge in [0.2, 0.25) is 5.65 Å². The van der Waals surface area contributed by atoms with Gasteiger partial charge in [-0.3, -0.25) is 5.10 Å². The molecule has 6 nitrogen and oxygen atoms in total. The van der Waals surface area contributed by atoms with E-state index in [1.54, 1.807) is 12.1 Å². The minimum absolute atomic E-state index is 0.0676. The van der Waals surface area contributed by atoms with Crippen LogP contribution < -0.4 is 4.90 Å². The molecule has 2 aromatic carbocycles. The predicted octanol–water partition coefficient (Wildman–Crippen LogP) is 6.81. The molecule has 0 spiro atoms. The van der Waals surface area contributed by atoms with E-state index in [0.29, 0.717) is 23.5 Å². The third-order valence-corrected chi connectivity index (χ3v) is 9.34. The van der Waals surface area contributed by atoms with Crippen LogP contribution in [0.4, 0.5) is 10.2 Å². The summed E-state index contributed by atoms with van der Waals surface area (Å²) in [6.07, 6.45) is 8.29. The molecule has 2 aliphatic rings. The second kappa shape index (κ2) is 8.38. The van der Waals surface area contributed by atoms with Crippen molar-refractivity contribution in [3.05, 3.63) is 71.9 Å². The SMILES string of the molecule is CC[C@]1(c2ccccc2F)[C@@H]2CCN(c3cnc4c(-c5ccc6cn(C(C)C)cc6c5C)[nH]nc4n3)C[C@@H]21. The number of H-pyrrole nitrogens is 1. The highest BCUT2D eigenvalue weighted by atomic mass is 19.1. The van der Waals surface area contributed by atoms with E-state index in [1.807, 2.05) is 18.3 Å². The fourth-order valence-electron chi connectivity index (χ4n) is 7.21. The lowest BCUT2D eigenvalue weighted by atomic mass is 9.88. The number of hydrogen-bond donors (Lipinski definition) is 1. The molecule has 0 amide bonds. The van der Waals surface area contributed by atoms with Crippen molar-refractivity contribution in [2.24, 2.45) is 11.8 Å². The lowest BCUT2D eigenvalue weighted by Gasteiger charge is -2.26. The van der Waals surface area contributed by atoms with E-state index in [-0.39, 0.29) is 11.2 Å². The average molecular weight is 509 g/mol. The van der Waals surface area contributed by atoms with Gasteiger partial charge in [-0.2, -0.15) is 5.10 Å². The van der Waals surface area contributed by atoms with E-state index in [1.165, 1.54) is 16.3 Å². The van der Waals surface area contributed by atoms with E-state index < -0.39 is 0 Å². The molecule has 4 heterocycles. The number of aromatic amines is 1. The molecule has 3 atom stereocenters. The summed E-state index contributed by atoms with van der Waals surface area (Å²) in [5.41, 5.74) is 5.44. The first-order valence-corrected chi connectivity index (χ1v) is 13.7. The van der Waals surface area contributed by atoms with Gasteiger partial charge in [0.25, 0.3) is 0 Å². The summed E-state index contributed by atoms with van der Waals surface area (Å²) >= 11 is 0. The molecule has 1 saturated carbocycles. The monoisotopic (exact) mass is 508 g/mol. The van der Waals surface area contributed by atoms with Crippen LogP contribution in [0.3, 0.4) is 0 Å². The molecule has 0 unspecified atom stereocenters. The number of nitrogens with zero attached hydrogens (tertiary/aromatic N) is 5. The third-order valence-electron chi connectivity index (χ3n) is 9.34. The number of aromatic nitrogens is 5. The number of aryl methyl sites for hydroxylation is 1. The minimum atomic E-state index is -0.0742. The summed E-state index contributed by atoms with van der Waals surface area (Å²) in [4.78, 5) is 12.1. The van der Waals surface area contributed by atoms with E-state index in [9.17, 15) is 4.39 Å². The first-order chi connectivity index (χ1) is 18.4. The fraction of sp³-hybridized carbons (Fsp3) is 0.387. The van der Waals surface area contributed by atoms with E-state index >= 15 is 0 Å². The molecule has 1 aliphatic carbocycles. The second-order valence-corrected chi connectivity index (χ2v) is 11.4. The fourth-order valence-corrected chi connectivity index (χ4v) is 7.21. The Hall–Kier alpha value is -3.74. The van der Waals surface area contributed by atoms with E-state index in [4.69, 9.17) is 9.97 Å². The standard InChI is InChI=1S/C31H33FN6/c1-5-31(24-8-6-7-9-26(24)32)23-12-13-37(17-25(23)31)27-14-33-29-28(35-36-30(29)34-27)21-11-10-20-15-38(18(2)3)16-22(20)19(21)4/h6-11,14-16,18,23,25H,5,12-13,17H2,1-4H3,(H,34,35,36)/t23-,25+,31-/m1/s1. The van der Waals surface area contributed by atoms with E-state index in [0.717, 1.165) is 54.1 Å². The van der Waals surface area contributed by atoms with Gasteiger partial charge in [-0.1, -0.05) is 37.3 Å². The van der Waals surface area contributed by atoms with Gasteiger partial charge in [0, 0.05) is 47.9 Å². The molecule has 194 valence electrons. The molecule has 1 N–H and O–H groups in total. The summed E-state index contributed by atoms with van der Waals surface area (Å²) in [5, 5.41) is 10.3. The Balaban J connectivity index is 1.19. The Morgan fingerprint density at radius 2 is 1.97 bits per heavy atom. The molecular formula is C31H33FN6. The zero-order valence-corrected chi connectivity index (χ0v) is 22.4. The molecule has 1 aliphatic heterocycles. The molecular weight excluding hydrogens is 475 g/mol. The van der Waals surface area contributed by atoms with Crippen molar-refractivity contribution in [2.75, 3.05) is 18.0 Å². The number of rotatable bonds is 5. The Labute approximate surface area is 221 Å². The molecule has 3 aromatic heterocycles.